The van der Waals surface area contributed by atoms with Crippen molar-refractivity contribution in [1.29, 1.82) is 0 Å². The first kappa shape index (κ1) is 21.5. The first-order valence-electron chi connectivity index (χ1n) is 12.7. The van der Waals surface area contributed by atoms with Gasteiger partial charge in [-0.2, -0.15) is 0 Å². The lowest BCUT2D eigenvalue weighted by molar-refractivity contribution is -0.0362. The van der Waals surface area contributed by atoms with Crippen LogP contribution in [0.4, 0.5) is 0 Å². The fourth-order valence-electron chi connectivity index (χ4n) is 8.57. The van der Waals surface area contributed by atoms with Gasteiger partial charge in [0, 0.05) is 5.92 Å². The molecule has 0 aliphatic heterocycles. The van der Waals surface area contributed by atoms with Gasteiger partial charge in [-0.1, -0.05) is 58.6 Å². The van der Waals surface area contributed by atoms with Crippen LogP contribution in [0.2, 0.25) is 0 Å². The van der Waals surface area contributed by atoms with Crippen LogP contribution in [0.15, 0.2) is 11.6 Å². The molecular weight excluding hydrogens is 352 g/mol. The molecule has 162 valence electrons. The maximum Gasteiger partial charge on any atom is 0.0589 e. The van der Waals surface area contributed by atoms with E-state index in [1.807, 2.05) is 0 Å². The SMILES string of the molecule is C#C[C@@H]1C[C@H](O)CC2=CC[C@@H]3[C@H](CC[C@]4(C)[C@@H]([C@H](C)CCCC(C)C)CC[C@@H]34)C21. The summed E-state index contributed by atoms with van der Waals surface area (Å²) < 4.78 is 0. The van der Waals surface area contributed by atoms with Gasteiger partial charge in [0.2, 0.25) is 0 Å². The van der Waals surface area contributed by atoms with Crippen LogP contribution in [0.3, 0.4) is 0 Å². The Hall–Kier alpha value is -0.740. The zero-order valence-electron chi connectivity index (χ0n) is 19.4. The second kappa shape index (κ2) is 8.42. The van der Waals surface area contributed by atoms with E-state index < -0.39 is 0 Å². The zero-order valence-corrected chi connectivity index (χ0v) is 19.4. The van der Waals surface area contributed by atoms with Gasteiger partial charge in [0.15, 0.2) is 0 Å². The summed E-state index contributed by atoms with van der Waals surface area (Å²) in [7, 11) is 0. The molecule has 4 aliphatic carbocycles. The molecule has 1 unspecified atom stereocenters. The van der Waals surface area contributed by atoms with Gasteiger partial charge in [-0.15, -0.1) is 12.3 Å². The molecule has 4 aliphatic rings. The molecule has 0 heterocycles. The third-order valence-corrected chi connectivity index (χ3v) is 9.88. The molecule has 3 fully saturated rings. The van der Waals surface area contributed by atoms with Gasteiger partial charge in [-0.25, -0.2) is 0 Å². The Labute approximate surface area is 180 Å². The van der Waals surface area contributed by atoms with Crippen molar-refractivity contribution >= 4 is 0 Å². The van der Waals surface area contributed by atoms with Gasteiger partial charge in [0.05, 0.1) is 6.10 Å². The van der Waals surface area contributed by atoms with Crippen LogP contribution in [0.1, 0.15) is 91.9 Å². The molecule has 9 atom stereocenters. The highest BCUT2D eigenvalue weighted by Gasteiger charge is 2.57. The van der Waals surface area contributed by atoms with E-state index in [4.69, 9.17) is 6.42 Å². The van der Waals surface area contributed by atoms with Crippen molar-refractivity contribution in [3.63, 3.8) is 0 Å². The Morgan fingerprint density at radius 3 is 2.69 bits per heavy atom. The molecule has 0 spiro atoms. The van der Waals surface area contributed by atoms with Crippen LogP contribution in [0.25, 0.3) is 0 Å². The molecule has 0 bridgehead atoms. The quantitative estimate of drug-likeness (QED) is 0.397. The number of allylic oxidation sites excluding steroid dienone is 1. The predicted octanol–water partition coefficient (Wildman–Crippen LogP) is 6.86. The molecule has 29 heavy (non-hydrogen) atoms. The number of terminal acetylenes is 1. The van der Waals surface area contributed by atoms with Crippen molar-refractivity contribution in [2.24, 2.45) is 52.8 Å². The molecule has 0 aromatic carbocycles. The largest absolute Gasteiger partial charge is 0.393 e. The van der Waals surface area contributed by atoms with E-state index >= 15 is 0 Å². The van der Waals surface area contributed by atoms with Gasteiger partial charge < -0.3 is 5.11 Å². The highest BCUT2D eigenvalue weighted by atomic mass is 16.3. The first-order chi connectivity index (χ1) is 13.8. The Morgan fingerprint density at radius 2 is 1.97 bits per heavy atom. The first-order valence-corrected chi connectivity index (χ1v) is 12.7. The minimum Gasteiger partial charge on any atom is -0.393 e. The van der Waals surface area contributed by atoms with Gasteiger partial charge in [-0.3, -0.25) is 0 Å². The average Bonchev–Trinajstić information content (AvgIpc) is 3.03. The highest BCUT2D eigenvalue weighted by molar-refractivity contribution is 5.24. The monoisotopic (exact) mass is 396 g/mol. The van der Waals surface area contributed by atoms with E-state index in [0.717, 1.165) is 48.3 Å². The summed E-state index contributed by atoms with van der Waals surface area (Å²) in [6.07, 6.45) is 21.1. The summed E-state index contributed by atoms with van der Waals surface area (Å²) in [5, 5.41) is 10.3. The zero-order chi connectivity index (χ0) is 20.8. The van der Waals surface area contributed by atoms with Gasteiger partial charge >= 0.3 is 0 Å². The molecule has 4 rings (SSSR count). The standard InChI is InChI=1S/C28H44O/c1-6-20-16-22(29)17-21-10-11-23-24(27(20)21)14-15-28(5)25(12-13-26(23)28)19(4)9-7-8-18(2)3/h1,10,18-20,22-27,29H,7-9,11-17H2,2-5H3/t19-,20-,22+,23-,24+,25-,26+,27?,28-/m1/s1. The van der Waals surface area contributed by atoms with Gasteiger partial charge in [0.1, 0.15) is 0 Å². The lowest BCUT2D eigenvalue weighted by atomic mass is 9.49. The smallest absolute Gasteiger partial charge is 0.0589 e. The number of aliphatic hydroxyl groups is 1. The Kier molecular flexibility index (Phi) is 6.24. The van der Waals surface area contributed by atoms with Crippen molar-refractivity contribution < 1.29 is 5.11 Å². The number of fused-ring (bicyclic) bond motifs is 5. The lowest BCUT2D eigenvalue weighted by Crippen LogP contribution is -2.48. The number of hydrogen-bond acceptors (Lipinski definition) is 1. The lowest BCUT2D eigenvalue weighted by Gasteiger charge is -2.55. The molecule has 0 radical (unpaired) electrons. The van der Waals surface area contributed by atoms with Crippen LogP contribution in [0.5, 0.6) is 0 Å². The van der Waals surface area contributed by atoms with Crippen molar-refractivity contribution in [3.05, 3.63) is 11.6 Å². The van der Waals surface area contributed by atoms with E-state index in [-0.39, 0.29) is 12.0 Å². The summed E-state index contributed by atoms with van der Waals surface area (Å²) in [6.45, 7) is 9.93. The summed E-state index contributed by atoms with van der Waals surface area (Å²) in [6, 6.07) is 0. The van der Waals surface area contributed by atoms with Crippen LogP contribution >= 0.6 is 0 Å². The molecule has 0 aromatic rings. The van der Waals surface area contributed by atoms with E-state index in [9.17, 15) is 5.11 Å². The highest BCUT2D eigenvalue weighted by Crippen LogP contribution is 2.65. The summed E-state index contributed by atoms with van der Waals surface area (Å²) >= 11 is 0. The Morgan fingerprint density at radius 1 is 1.17 bits per heavy atom. The van der Waals surface area contributed by atoms with Gasteiger partial charge in [-0.05, 0) is 91.8 Å². The molecule has 1 nitrogen and oxygen atoms in total. The molecule has 1 heteroatoms. The van der Waals surface area contributed by atoms with Crippen molar-refractivity contribution in [3.8, 4) is 12.3 Å². The van der Waals surface area contributed by atoms with Crippen molar-refractivity contribution in [2.75, 3.05) is 0 Å². The maximum atomic E-state index is 10.3. The minimum atomic E-state index is -0.216. The molecule has 0 saturated heterocycles. The topological polar surface area (TPSA) is 20.2 Å². The second-order valence-electron chi connectivity index (χ2n) is 11.9. The second-order valence-corrected chi connectivity index (χ2v) is 11.9. The molecule has 0 aromatic heterocycles. The van der Waals surface area contributed by atoms with E-state index in [0.29, 0.717) is 11.3 Å². The molecule has 3 saturated carbocycles. The maximum absolute atomic E-state index is 10.3. The predicted molar refractivity (Wildman–Crippen MR) is 122 cm³/mol. The van der Waals surface area contributed by atoms with Crippen LogP contribution in [-0.4, -0.2) is 11.2 Å². The average molecular weight is 397 g/mol. The molecule has 1 N–H and O–H groups in total. The van der Waals surface area contributed by atoms with E-state index in [1.54, 1.807) is 0 Å². The number of aliphatic hydroxyl groups excluding tert-OH is 1. The summed E-state index contributed by atoms with van der Waals surface area (Å²) in [4.78, 5) is 0. The summed E-state index contributed by atoms with van der Waals surface area (Å²) in [5.41, 5.74) is 2.05. The normalized spacial score (nSPS) is 45.0. The number of rotatable bonds is 5. The number of hydrogen-bond donors (Lipinski definition) is 1. The fourth-order valence-corrected chi connectivity index (χ4v) is 8.57. The third kappa shape index (κ3) is 3.84. The minimum absolute atomic E-state index is 0.216. The van der Waals surface area contributed by atoms with Crippen LogP contribution in [-0.2, 0) is 0 Å². The van der Waals surface area contributed by atoms with E-state index in [2.05, 4.69) is 39.7 Å². The Bertz CT molecular complexity index is 654. The molecule has 0 amide bonds. The summed E-state index contributed by atoms with van der Waals surface area (Å²) in [5.74, 6) is 9.05. The van der Waals surface area contributed by atoms with Crippen molar-refractivity contribution in [2.45, 2.75) is 98.0 Å². The van der Waals surface area contributed by atoms with Crippen molar-refractivity contribution in [1.82, 2.24) is 0 Å². The Balaban J connectivity index is 1.50. The molecular formula is C28H44O. The fraction of sp³-hybridized carbons (Fsp3) is 0.857. The van der Waals surface area contributed by atoms with Crippen LogP contribution < -0.4 is 0 Å². The van der Waals surface area contributed by atoms with E-state index in [1.165, 1.54) is 56.9 Å². The van der Waals surface area contributed by atoms with Crippen LogP contribution in [0, 0.1) is 65.1 Å². The van der Waals surface area contributed by atoms with Gasteiger partial charge in [0.25, 0.3) is 0 Å². The third-order valence-electron chi connectivity index (χ3n) is 9.88.